The molecule has 0 bridgehead atoms. The predicted octanol–water partition coefficient (Wildman–Crippen LogP) is 4.10. The zero-order valence-corrected chi connectivity index (χ0v) is 19.9. The molecule has 2 aromatic rings. The van der Waals surface area contributed by atoms with E-state index in [1.54, 1.807) is 6.92 Å². The Labute approximate surface area is 201 Å². The Bertz CT molecular complexity index is 896. The molecule has 0 spiro atoms. The van der Waals surface area contributed by atoms with E-state index in [4.69, 9.17) is 9.47 Å². The first-order chi connectivity index (χ1) is 16.5. The fourth-order valence-corrected chi connectivity index (χ4v) is 4.30. The lowest BCUT2D eigenvalue weighted by Crippen LogP contribution is -2.28. The Morgan fingerprint density at radius 1 is 1.03 bits per heavy atom. The lowest BCUT2D eigenvalue weighted by atomic mass is 9.82. The SMILES string of the molecule is CC(=O)CC(CC1CCNCC1)c1ccc(OCCOCCNC(=O)c2ccc([18F])cc2)cc1. The Morgan fingerprint density at radius 2 is 1.74 bits per heavy atom. The monoisotopic (exact) mass is 469 g/mol. The molecule has 1 fully saturated rings. The number of hydrogen-bond acceptors (Lipinski definition) is 5. The van der Waals surface area contributed by atoms with E-state index in [9.17, 15) is 14.0 Å². The maximum Gasteiger partial charge on any atom is 0.251 e. The Kier molecular flexibility index (Phi) is 10.5. The lowest BCUT2D eigenvalue weighted by molar-refractivity contribution is -0.117. The van der Waals surface area contributed by atoms with Crippen LogP contribution in [0.15, 0.2) is 48.5 Å². The molecule has 34 heavy (non-hydrogen) atoms. The standard InChI is InChI=1S/C27H35FN2O4/c1-20(31)18-24(19-21-10-12-29-13-11-21)22-4-8-26(9-5-22)34-17-16-33-15-14-30-27(32)23-2-6-25(28)7-3-23/h2-9,21,24,29H,10-19H2,1H3,(H,30,32)/i28-1. The van der Waals surface area contributed by atoms with Gasteiger partial charge in [-0.3, -0.25) is 4.79 Å². The summed E-state index contributed by atoms with van der Waals surface area (Å²) in [7, 11) is 0. The van der Waals surface area contributed by atoms with Crippen molar-refractivity contribution < 1.29 is 23.5 Å². The molecular formula is C27H35FN2O4. The van der Waals surface area contributed by atoms with Crippen LogP contribution in [0.2, 0.25) is 0 Å². The van der Waals surface area contributed by atoms with Crippen LogP contribution in [0.1, 0.15) is 54.4 Å². The zero-order chi connectivity index (χ0) is 24.2. The molecule has 0 saturated carbocycles. The fourth-order valence-electron chi connectivity index (χ4n) is 4.30. The van der Waals surface area contributed by atoms with Crippen molar-refractivity contribution in [3.05, 3.63) is 65.5 Å². The normalized spacial score (nSPS) is 15.0. The van der Waals surface area contributed by atoms with Crippen LogP contribution in [0.25, 0.3) is 0 Å². The van der Waals surface area contributed by atoms with E-state index in [2.05, 4.69) is 22.8 Å². The number of carbonyl (C=O) groups is 2. The topological polar surface area (TPSA) is 76.7 Å². The van der Waals surface area contributed by atoms with Crippen molar-refractivity contribution in [3.8, 4) is 5.75 Å². The number of ketones is 1. The van der Waals surface area contributed by atoms with Gasteiger partial charge in [0.1, 0.15) is 24.0 Å². The van der Waals surface area contributed by atoms with Gasteiger partial charge in [0.05, 0.1) is 13.2 Å². The summed E-state index contributed by atoms with van der Waals surface area (Å²) in [5.41, 5.74) is 1.60. The van der Waals surface area contributed by atoms with Gasteiger partial charge in [-0.2, -0.15) is 0 Å². The maximum atomic E-state index is 12.9. The molecule has 1 atom stereocenters. The first kappa shape index (κ1) is 25.8. The first-order valence-corrected chi connectivity index (χ1v) is 12.1. The van der Waals surface area contributed by atoms with Gasteiger partial charge in [0, 0.05) is 18.5 Å². The first-order valence-electron chi connectivity index (χ1n) is 12.1. The highest BCUT2D eigenvalue weighted by Crippen LogP contribution is 2.32. The number of nitrogens with one attached hydrogen (secondary N) is 2. The second kappa shape index (κ2) is 13.8. The van der Waals surface area contributed by atoms with Crippen molar-refractivity contribution in [2.45, 2.75) is 38.5 Å². The van der Waals surface area contributed by atoms with Crippen LogP contribution < -0.4 is 15.4 Å². The summed E-state index contributed by atoms with van der Waals surface area (Å²) in [6.07, 6.45) is 3.97. The molecule has 184 valence electrons. The van der Waals surface area contributed by atoms with Crippen LogP contribution in [0, 0.1) is 11.7 Å². The summed E-state index contributed by atoms with van der Waals surface area (Å²) >= 11 is 0. The number of ether oxygens (including phenoxy) is 2. The van der Waals surface area contributed by atoms with Crippen molar-refractivity contribution >= 4 is 11.7 Å². The molecule has 0 radical (unpaired) electrons. The minimum Gasteiger partial charge on any atom is -0.491 e. The molecule has 3 rings (SSSR count). The van der Waals surface area contributed by atoms with Crippen LogP contribution in [0.5, 0.6) is 5.75 Å². The van der Waals surface area contributed by atoms with E-state index in [0.29, 0.717) is 44.3 Å². The number of rotatable bonds is 13. The average Bonchev–Trinajstić information content (AvgIpc) is 2.84. The van der Waals surface area contributed by atoms with Gasteiger partial charge >= 0.3 is 0 Å². The van der Waals surface area contributed by atoms with Gasteiger partial charge in [0.25, 0.3) is 5.91 Å². The number of amides is 1. The summed E-state index contributed by atoms with van der Waals surface area (Å²) in [6.45, 7) is 5.31. The molecule has 0 aromatic heterocycles. The van der Waals surface area contributed by atoms with E-state index >= 15 is 0 Å². The quantitative estimate of drug-likeness (QED) is 0.432. The minimum absolute atomic E-state index is 0.227. The molecule has 1 saturated heterocycles. The molecule has 7 heteroatoms. The summed E-state index contributed by atoms with van der Waals surface area (Å²) in [6, 6.07) is 13.4. The van der Waals surface area contributed by atoms with Crippen molar-refractivity contribution in [2.75, 3.05) is 39.5 Å². The lowest BCUT2D eigenvalue weighted by Gasteiger charge is -2.27. The molecule has 1 amide bonds. The van der Waals surface area contributed by atoms with Gasteiger partial charge in [-0.05, 0) is 93.1 Å². The van der Waals surface area contributed by atoms with Crippen molar-refractivity contribution in [3.63, 3.8) is 0 Å². The van der Waals surface area contributed by atoms with Crippen molar-refractivity contribution in [1.82, 2.24) is 10.6 Å². The van der Waals surface area contributed by atoms with Gasteiger partial charge in [0.15, 0.2) is 0 Å². The second-order valence-electron chi connectivity index (χ2n) is 8.82. The number of hydrogen-bond donors (Lipinski definition) is 2. The molecule has 1 aliphatic rings. The zero-order valence-electron chi connectivity index (χ0n) is 19.9. The van der Waals surface area contributed by atoms with Gasteiger partial charge < -0.3 is 24.9 Å². The van der Waals surface area contributed by atoms with Crippen molar-refractivity contribution in [2.24, 2.45) is 5.92 Å². The highest BCUT2D eigenvalue weighted by Gasteiger charge is 2.21. The molecule has 1 unspecified atom stereocenters. The Hall–Kier alpha value is -2.77. The van der Waals surface area contributed by atoms with Crippen molar-refractivity contribution in [1.29, 1.82) is 0 Å². The van der Waals surface area contributed by atoms with Crippen LogP contribution >= 0.6 is 0 Å². The largest absolute Gasteiger partial charge is 0.491 e. The number of halogens is 1. The third kappa shape index (κ3) is 8.88. The van der Waals surface area contributed by atoms with Gasteiger partial charge in [-0.25, -0.2) is 4.39 Å². The average molecular weight is 470 g/mol. The summed E-state index contributed by atoms with van der Waals surface area (Å²) in [4.78, 5) is 23.8. The Morgan fingerprint density at radius 3 is 2.41 bits per heavy atom. The molecule has 6 nitrogen and oxygen atoms in total. The van der Waals surface area contributed by atoms with Gasteiger partial charge in [-0.15, -0.1) is 0 Å². The predicted molar refractivity (Wildman–Crippen MR) is 130 cm³/mol. The third-order valence-corrected chi connectivity index (χ3v) is 6.10. The smallest absolute Gasteiger partial charge is 0.251 e. The second-order valence-corrected chi connectivity index (χ2v) is 8.82. The molecule has 1 aliphatic heterocycles. The van der Waals surface area contributed by atoms with E-state index in [0.717, 1.165) is 25.3 Å². The van der Waals surface area contributed by atoms with Crippen LogP contribution in [0.4, 0.5) is 4.39 Å². The van der Waals surface area contributed by atoms with Crippen LogP contribution in [-0.4, -0.2) is 51.1 Å². The fraction of sp³-hybridized carbons (Fsp3) is 0.481. The van der Waals surface area contributed by atoms with E-state index in [-0.39, 0.29) is 23.4 Å². The molecular weight excluding hydrogens is 434 g/mol. The van der Waals surface area contributed by atoms with E-state index in [1.165, 1.54) is 42.7 Å². The number of benzene rings is 2. The van der Waals surface area contributed by atoms with E-state index in [1.807, 2.05) is 12.1 Å². The summed E-state index contributed by atoms with van der Waals surface area (Å²) in [5.74, 6) is 1.28. The maximum absolute atomic E-state index is 12.9. The molecule has 1 heterocycles. The third-order valence-electron chi connectivity index (χ3n) is 6.10. The number of Topliss-reactive ketones (excluding diaryl/α,β-unsaturated/α-hetero) is 1. The highest BCUT2D eigenvalue weighted by atomic mass is 18.2. The minimum atomic E-state index is -0.373. The van der Waals surface area contributed by atoms with Gasteiger partial charge in [-0.1, -0.05) is 12.1 Å². The Balaban J connectivity index is 1.34. The van der Waals surface area contributed by atoms with Crippen LogP contribution in [0.3, 0.4) is 0 Å². The highest BCUT2D eigenvalue weighted by molar-refractivity contribution is 5.94. The summed E-state index contributed by atoms with van der Waals surface area (Å²) in [5, 5.41) is 6.13. The molecule has 0 aliphatic carbocycles. The summed E-state index contributed by atoms with van der Waals surface area (Å²) < 4.78 is 24.2. The number of piperidine rings is 1. The number of carbonyl (C=O) groups excluding carboxylic acids is 2. The van der Waals surface area contributed by atoms with Gasteiger partial charge in [0.2, 0.25) is 0 Å². The van der Waals surface area contributed by atoms with Crippen LogP contribution in [-0.2, 0) is 9.53 Å². The molecule has 2 N–H and O–H groups in total. The molecule has 2 aromatic carbocycles. The van der Waals surface area contributed by atoms with E-state index < -0.39 is 0 Å².